The van der Waals surface area contributed by atoms with Crippen LogP contribution < -0.4 is 14.2 Å². The number of nitrogens with zero attached hydrogens (tertiary/aromatic N) is 3. The molecule has 0 amide bonds. The predicted octanol–water partition coefficient (Wildman–Crippen LogP) is 9.11. The normalized spacial score (nSPS) is 13.0. The lowest BCUT2D eigenvalue weighted by Gasteiger charge is -2.31. The van der Waals surface area contributed by atoms with Gasteiger partial charge in [0.25, 0.3) is 0 Å². The predicted molar refractivity (Wildman–Crippen MR) is 171 cm³/mol. The van der Waals surface area contributed by atoms with Gasteiger partial charge in [0.05, 0.1) is 17.4 Å². The molecule has 5 aromatic rings. The summed E-state index contributed by atoms with van der Waals surface area (Å²) in [5, 5.41) is 0. The smallest absolute Gasteiger partial charge is 0.387 e. The zero-order valence-electron chi connectivity index (χ0n) is 25.5. The fourth-order valence-electron chi connectivity index (χ4n) is 5.83. The summed E-state index contributed by atoms with van der Waals surface area (Å²) in [6.45, 7) is 3.79. The van der Waals surface area contributed by atoms with E-state index in [1.807, 2.05) is 60.7 Å². The molecular formula is C37H37F2N3O3. The molecule has 4 aromatic carbocycles. The quantitative estimate of drug-likeness (QED) is 0.133. The van der Waals surface area contributed by atoms with Crippen LogP contribution in [0.1, 0.15) is 49.6 Å². The molecule has 1 atom stereocenters. The topological polar surface area (TPSA) is 48.8 Å². The molecule has 6 rings (SSSR count). The maximum absolute atomic E-state index is 12.8. The molecule has 0 saturated heterocycles. The van der Waals surface area contributed by atoms with E-state index in [1.54, 1.807) is 12.1 Å². The Kier molecular flexibility index (Phi) is 9.41. The number of benzene rings is 4. The zero-order chi connectivity index (χ0) is 31.2. The molecule has 1 unspecified atom stereocenters. The number of imidazole rings is 1. The van der Waals surface area contributed by atoms with Gasteiger partial charge in [-0.3, -0.25) is 4.90 Å². The van der Waals surface area contributed by atoms with Crippen molar-refractivity contribution in [2.45, 2.75) is 59.0 Å². The lowest BCUT2D eigenvalue weighted by molar-refractivity contribution is -0.0498. The summed E-state index contributed by atoms with van der Waals surface area (Å²) < 4.78 is 43.9. The molecular weight excluding hydrogens is 572 g/mol. The van der Waals surface area contributed by atoms with Gasteiger partial charge in [-0.1, -0.05) is 92.2 Å². The molecule has 0 N–H and O–H groups in total. The van der Waals surface area contributed by atoms with Gasteiger partial charge in [0.1, 0.15) is 11.6 Å². The van der Waals surface area contributed by atoms with Crippen molar-refractivity contribution in [2.75, 3.05) is 6.79 Å². The third-order valence-corrected chi connectivity index (χ3v) is 8.12. The molecule has 1 aliphatic rings. The molecule has 0 fully saturated rings. The summed E-state index contributed by atoms with van der Waals surface area (Å²) >= 11 is 0. The highest BCUT2D eigenvalue weighted by Gasteiger charge is 2.28. The van der Waals surface area contributed by atoms with Crippen LogP contribution in [0.3, 0.4) is 0 Å². The molecule has 0 aliphatic carbocycles. The number of fused-ring (bicyclic) bond motifs is 1. The molecule has 232 valence electrons. The third kappa shape index (κ3) is 7.02. The van der Waals surface area contributed by atoms with Gasteiger partial charge in [-0.15, -0.1) is 0 Å². The largest absolute Gasteiger partial charge is 0.454 e. The van der Waals surface area contributed by atoms with Crippen molar-refractivity contribution < 1.29 is 23.0 Å². The van der Waals surface area contributed by atoms with Crippen LogP contribution in [-0.2, 0) is 19.6 Å². The van der Waals surface area contributed by atoms with Crippen molar-refractivity contribution in [2.24, 2.45) is 0 Å². The van der Waals surface area contributed by atoms with Crippen molar-refractivity contribution in [3.8, 4) is 39.9 Å². The molecule has 0 spiro atoms. The zero-order valence-corrected chi connectivity index (χ0v) is 25.5. The number of alkyl halides is 2. The SMILES string of the molecule is CCCCn1c(-c2ccccc2)nc(-c2ccccc2)c1C(C)N(Cc1ccc(OC(F)F)cc1)Cc1ccc2c(c1)OCO2. The molecule has 8 heteroatoms. The monoisotopic (exact) mass is 609 g/mol. The average molecular weight is 610 g/mol. The van der Waals surface area contributed by atoms with Crippen LogP contribution >= 0.6 is 0 Å². The number of halogens is 2. The number of ether oxygens (including phenoxy) is 3. The average Bonchev–Trinajstić information content (AvgIpc) is 3.69. The minimum Gasteiger partial charge on any atom is -0.454 e. The molecule has 0 saturated carbocycles. The van der Waals surface area contributed by atoms with Crippen molar-refractivity contribution >= 4 is 0 Å². The first-order valence-electron chi connectivity index (χ1n) is 15.4. The van der Waals surface area contributed by atoms with E-state index in [4.69, 9.17) is 14.5 Å². The fraction of sp³-hybridized carbons (Fsp3) is 0.270. The number of rotatable bonds is 13. The Balaban J connectivity index is 1.45. The molecule has 0 radical (unpaired) electrons. The first-order chi connectivity index (χ1) is 22.0. The van der Waals surface area contributed by atoms with E-state index >= 15 is 0 Å². The maximum Gasteiger partial charge on any atom is 0.387 e. The van der Waals surface area contributed by atoms with Gasteiger partial charge in [0.15, 0.2) is 11.5 Å². The third-order valence-electron chi connectivity index (χ3n) is 8.12. The molecule has 45 heavy (non-hydrogen) atoms. The molecule has 1 aliphatic heterocycles. The Morgan fingerprint density at radius 1 is 0.822 bits per heavy atom. The van der Waals surface area contributed by atoms with E-state index in [2.05, 4.69) is 58.4 Å². The minimum atomic E-state index is -2.86. The van der Waals surface area contributed by atoms with Gasteiger partial charge in [-0.05, 0) is 48.7 Å². The Labute approximate surface area is 262 Å². The van der Waals surface area contributed by atoms with Crippen molar-refractivity contribution in [3.05, 3.63) is 120 Å². The minimum absolute atomic E-state index is 0.0792. The first kappa shape index (κ1) is 30.3. The molecule has 0 bridgehead atoms. The first-order valence-corrected chi connectivity index (χ1v) is 15.4. The van der Waals surface area contributed by atoms with E-state index in [-0.39, 0.29) is 18.6 Å². The van der Waals surface area contributed by atoms with Gasteiger partial charge in [0, 0.05) is 30.8 Å². The summed E-state index contributed by atoms with van der Waals surface area (Å²) in [6.07, 6.45) is 2.06. The second-order valence-electron chi connectivity index (χ2n) is 11.2. The summed E-state index contributed by atoms with van der Waals surface area (Å²) in [7, 11) is 0. The van der Waals surface area contributed by atoms with E-state index in [0.29, 0.717) is 13.1 Å². The van der Waals surface area contributed by atoms with Gasteiger partial charge >= 0.3 is 6.61 Å². The summed E-state index contributed by atoms with van der Waals surface area (Å²) in [4.78, 5) is 7.71. The van der Waals surface area contributed by atoms with E-state index in [9.17, 15) is 8.78 Å². The Morgan fingerprint density at radius 3 is 2.16 bits per heavy atom. The number of aromatic nitrogens is 2. The van der Waals surface area contributed by atoms with Crippen LogP contribution in [0.5, 0.6) is 17.2 Å². The lowest BCUT2D eigenvalue weighted by atomic mass is 10.0. The maximum atomic E-state index is 12.8. The summed E-state index contributed by atoms with van der Waals surface area (Å²) in [5.41, 5.74) is 6.27. The second kappa shape index (κ2) is 13.9. The highest BCUT2D eigenvalue weighted by molar-refractivity contribution is 5.69. The summed E-state index contributed by atoms with van der Waals surface area (Å²) in [5.74, 6) is 2.56. The lowest BCUT2D eigenvalue weighted by Crippen LogP contribution is -2.28. The molecule has 1 aromatic heterocycles. The van der Waals surface area contributed by atoms with E-state index in [0.717, 1.165) is 70.4 Å². The number of hydrogen-bond acceptors (Lipinski definition) is 5. The van der Waals surface area contributed by atoms with Crippen LogP contribution in [0, 0.1) is 0 Å². The molecule has 6 nitrogen and oxygen atoms in total. The van der Waals surface area contributed by atoms with Crippen LogP contribution in [0.4, 0.5) is 8.78 Å². The van der Waals surface area contributed by atoms with Gasteiger partial charge < -0.3 is 18.8 Å². The van der Waals surface area contributed by atoms with Gasteiger partial charge in [-0.25, -0.2) is 4.98 Å². The van der Waals surface area contributed by atoms with Crippen LogP contribution in [0.2, 0.25) is 0 Å². The Bertz CT molecular complexity index is 1690. The summed E-state index contributed by atoms with van der Waals surface area (Å²) in [6, 6.07) is 33.5. The fourth-order valence-corrected chi connectivity index (χ4v) is 5.83. The van der Waals surface area contributed by atoms with Crippen molar-refractivity contribution in [1.29, 1.82) is 0 Å². The van der Waals surface area contributed by atoms with Crippen molar-refractivity contribution in [3.63, 3.8) is 0 Å². The van der Waals surface area contributed by atoms with Crippen LogP contribution in [0.15, 0.2) is 103 Å². The van der Waals surface area contributed by atoms with Crippen LogP contribution in [-0.4, -0.2) is 27.9 Å². The second-order valence-corrected chi connectivity index (χ2v) is 11.2. The van der Waals surface area contributed by atoms with Crippen LogP contribution in [0.25, 0.3) is 22.6 Å². The molecule has 2 heterocycles. The highest BCUT2D eigenvalue weighted by atomic mass is 19.3. The number of hydrogen-bond donors (Lipinski definition) is 0. The van der Waals surface area contributed by atoms with Gasteiger partial charge in [0.2, 0.25) is 6.79 Å². The van der Waals surface area contributed by atoms with E-state index < -0.39 is 6.61 Å². The Hall–Kier alpha value is -4.69. The number of unbranched alkanes of at least 4 members (excludes halogenated alkanes) is 1. The highest BCUT2D eigenvalue weighted by Crippen LogP contribution is 2.38. The standard InChI is InChI=1S/C37H37F2N3O3/c1-3-4-21-42-35(34(29-11-7-5-8-12-29)40-36(42)30-13-9-6-10-14-30)26(2)41(23-27-15-18-31(19-16-27)45-37(38)39)24-28-17-20-32-33(22-28)44-25-43-32/h5-20,22,26,37H,3-4,21,23-25H2,1-2H3. The van der Waals surface area contributed by atoms with Gasteiger partial charge in [-0.2, -0.15) is 8.78 Å². The van der Waals surface area contributed by atoms with Crippen molar-refractivity contribution in [1.82, 2.24) is 14.5 Å². The van der Waals surface area contributed by atoms with E-state index in [1.165, 1.54) is 0 Å². The Morgan fingerprint density at radius 2 is 1.47 bits per heavy atom.